The van der Waals surface area contributed by atoms with Crippen molar-refractivity contribution < 1.29 is 13.2 Å². The highest BCUT2D eigenvalue weighted by molar-refractivity contribution is 7.88. The van der Waals surface area contributed by atoms with Crippen LogP contribution in [0.1, 0.15) is 16.1 Å². The van der Waals surface area contributed by atoms with Crippen molar-refractivity contribution in [1.29, 1.82) is 0 Å². The van der Waals surface area contributed by atoms with Crippen molar-refractivity contribution in [3.63, 3.8) is 0 Å². The number of aryl methyl sites for hydroxylation is 1. The summed E-state index contributed by atoms with van der Waals surface area (Å²) in [5.41, 5.74) is 2.59. The summed E-state index contributed by atoms with van der Waals surface area (Å²) in [7, 11) is -3.19. The summed E-state index contributed by atoms with van der Waals surface area (Å²) in [4.78, 5) is 18.7. The molecule has 1 amide bonds. The number of carbonyl (C=O) groups is 1. The van der Waals surface area contributed by atoms with Gasteiger partial charge in [-0.25, -0.2) is 13.4 Å². The lowest BCUT2D eigenvalue weighted by Gasteiger charge is -2.32. The Morgan fingerprint density at radius 3 is 2.33 bits per heavy atom. The summed E-state index contributed by atoms with van der Waals surface area (Å²) >= 11 is 1.44. The van der Waals surface area contributed by atoms with Crippen LogP contribution in [0.4, 0.5) is 0 Å². The second-order valence-electron chi connectivity index (χ2n) is 5.86. The van der Waals surface area contributed by atoms with Crippen LogP contribution in [-0.4, -0.2) is 60.9 Å². The van der Waals surface area contributed by atoms with Crippen LogP contribution in [0.5, 0.6) is 0 Å². The van der Waals surface area contributed by atoms with E-state index in [9.17, 15) is 13.2 Å². The number of piperazine rings is 1. The first kappa shape index (κ1) is 17.1. The number of sulfonamides is 1. The molecule has 0 unspecified atom stereocenters. The molecule has 2 aromatic rings. The average molecular weight is 365 g/mol. The minimum Gasteiger partial charge on any atom is -0.335 e. The van der Waals surface area contributed by atoms with Gasteiger partial charge in [-0.15, -0.1) is 11.3 Å². The van der Waals surface area contributed by atoms with Crippen LogP contribution in [-0.2, 0) is 10.0 Å². The molecule has 1 aliphatic heterocycles. The average Bonchev–Trinajstić information content (AvgIpc) is 3.04. The van der Waals surface area contributed by atoms with Gasteiger partial charge in [0.05, 0.1) is 6.26 Å². The lowest BCUT2D eigenvalue weighted by atomic mass is 10.2. The number of aromatic nitrogens is 1. The normalized spacial score (nSPS) is 16.3. The Kier molecular flexibility index (Phi) is 4.71. The lowest BCUT2D eigenvalue weighted by Crippen LogP contribution is -2.50. The third-order valence-electron chi connectivity index (χ3n) is 4.02. The zero-order chi connectivity index (χ0) is 17.3. The molecule has 1 saturated heterocycles. The Balaban J connectivity index is 1.70. The van der Waals surface area contributed by atoms with E-state index in [0.29, 0.717) is 31.9 Å². The van der Waals surface area contributed by atoms with Gasteiger partial charge >= 0.3 is 0 Å². The van der Waals surface area contributed by atoms with Crippen LogP contribution in [0.3, 0.4) is 0 Å². The summed E-state index contributed by atoms with van der Waals surface area (Å²) in [6.07, 6.45) is 1.19. The predicted molar refractivity (Wildman–Crippen MR) is 94.6 cm³/mol. The minimum absolute atomic E-state index is 0.141. The van der Waals surface area contributed by atoms with Gasteiger partial charge in [0.25, 0.3) is 5.91 Å². The predicted octanol–water partition coefficient (Wildman–Crippen LogP) is 1.84. The molecule has 1 fully saturated rings. The number of thiazole rings is 1. The van der Waals surface area contributed by atoms with Gasteiger partial charge in [-0.05, 0) is 6.92 Å². The zero-order valence-electron chi connectivity index (χ0n) is 13.6. The Morgan fingerprint density at radius 2 is 1.75 bits per heavy atom. The van der Waals surface area contributed by atoms with Gasteiger partial charge in [0, 0.05) is 37.1 Å². The van der Waals surface area contributed by atoms with E-state index in [1.807, 2.05) is 31.2 Å². The highest BCUT2D eigenvalue weighted by Gasteiger charge is 2.27. The lowest BCUT2D eigenvalue weighted by molar-refractivity contribution is 0.0693. The molecule has 24 heavy (non-hydrogen) atoms. The highest BCUT2D eigenvalue weighted by atomic mass is 32.2. The molecule has 8 heteroatoms. The van der Waals surface area contributed by atoms with Crippen LogP contribution in [0.2, 0.25) is 0 Å². The molecule has 1 aromatic heterocycles. The Morgan fingerprint density at radius 1 is 1.12 bits per heavy atom. The van der Waals surface area contributed by atoms with Gasteiger partial charge < -0.3 is 4.90 Å². The largest absolute Gasteiger partial charge is 0.335 e. The number of nitrogens with zero attached hydrogens (tertiary/aromatic N) is 3. The van der Waals surface area contributed by atoms with Crippen molar-refractivity contribution in [3.05, 3.63) is 40.9 Å². The molecule has 0 saturated carbocycles. The third-order valence-corrected chi connectivity index (χ3v) is 6.21. The maximum atomic E-state index is 12.6. The Bertz CT molecular complexity index is 836. The number of benzene rings is 1. The SMILES string of the molecule is Cc1ccc(-c2nc(C(=O)N3CCN(S(C)(=O)=O)CC3)cs2)cc1. The fourth-order valence-electron chi connectivity index (χ4n) is 2.59. The monoisotopic (exact) mass is 365 g/mol. The fourth-order valence-corrected chi connectivity index (χ4v) is 4.21. The van der Waals surface area contributed by atoms with Crippen molar-refractivity contribution >= 4 is 27.3 Å². The smallest absolute Gasteiger partial charge is 0.273 e. The second-order valence-corrected chi connectivity index (χ2v) is 8.70. The number of hydrogen-bond donors (Lipinski definition) is 0. The molecule has 2 heterocycles. The number of rotatable bonds is 3. The van der Waals surface area contributed by atoms with E-state index in [-0.39, 0.29) is 5.91 Å². The van der Waals surface area contributed by atoms with Crippen molar-refractivity contribution in [2.75, 3.05) is 32.4 Å². The first-order valence-electron chi connectivity index (χ1n) is 7.61. The first-order chi connectivity index (χ1) is 11.3. The molecule has 1 aromatic carbocycles. The fraction of sp³-hybridized carbons (Fsp3) is 0.375. The molecule has 3 rings (SSSR count). The van der Waals surface area contributed by atoms with Gasteiger partial charge in [0.15, 0.2) is 0 Å². The van der Waals surface area contributed by atoms with Gasteiger partial charge in [-0.1, -0.05) is 29.8 Å². The summed E-state index contributed by atoms with van der Waals surface area (Å²) in [6.45, 7) is 3.47. The highest BCUT2D eigenvalue weighted by Crippen LogP contribution is 2.24. The van der Waals surface area contributed by atoms with E-state index in [1.165, 1.54) is 27.5 Å². The molecule has 0 spiro atoms. The zero-order valence-corrected chi connectivity index (χ0v) is 15.2. The van der Waals surface area contributed by atoms with Gasteiger partial charge in [0.2, 0.25) is 10.0 Å². The van der Waals surface area contributed by atoms with Gasteiger partial charge in [0.1, 0.15) is 10.7 Å². The van der Waals surface area contributed by atoms with Crippen LogP contribution in [0.15, 0.2) is 29.6 Å². The third kappa shape index (κ3) is 3.66. The number of amides is 1. The molecule has 0 atom stereocenters. The second kappa shape index (κ2) is 6.62. The standard InChI is InChI=1S/C16H19N3O3S2/c1-12-3-5-13(6-4-12)15-17-14(11-23-15)16(20)18-7-9-19(10-8-18)24(2,21)22/h3-6,11H,7-10H2,1-2H3. The molecule has 6 nitrogen and oxygen atoms in total. The maximum absolute atomic E-state index is 12.6. The van der Waals surface area contributed by atoms with E-state index >= 15 is 0 Å². The van der Waals surface area contributed by atoms with Crippen LogP contribution < -0.4 is 0 Å². The summed E-state index contributed by atoms with van der Waals surface area (Å²) in [5, 5.41) is 2.58. The van der Waals surface area contributed by atoms with Gasteiger partial charge in [-0.3, -0.25) is 4.79 Å². The van der Waals surface area contributed by atoms with Crippen LogP contribution >= 0.6 is 11.3 Å². The Hall–Kier alpha value is -1.77. The molecule has 0 N–H and O–H groups in total. The molecule has 0 bridgehead atoms. The topological polar surface area (TPSA) is 70.6 Å². The Labute approximate surface area is 145 Å². The van der Waals surface area contributed by atoms with Gasteiger partial charge in [-0.2, -0.15) is 4.31 Å². The van der Waals surface area contributed by atoms with E-state index in [1.54, 1.807) is 10.3 Å². The van der Waals surface area contributed by atoms with Crippen molar-refractivity contribution in [2.45, 2.75) is 6.92 Å². The van der Waals surface area contributed by atoms with Crippen molar-refractivity contribution in [1.82, 2.24) is 14.2 Å². The molecule has 0 aliphatic carbocycles. The summed E-state index contributed by atoms with van der Waals surface area (Å²) in [6, 6.07) is 8.02. The van der Waals surface area contributed by atoms with E-state index < -0.39 is 10.0 Å². The first-order valence-corrected chi connectivity index (χ1v) is 10.3. The van der Waals surface area contributed by atoms with Crippen molar-refractivity contribution in [3.8, 4) is 10.6 Å². The van der Waals surface area contributed by atoms with E-state index in [4.69, 9.17) is 0 Å². The van der Waals surface area contributed by atoms with Crippen LogP contribution in [0, 0.1) is 6.92 Å². The molecule has 1 aliphatic rings. The molecule has 0 radical (unpaired) electrons. The molecular formula is C16H19N3O3S2. The quantitative estimate of drug-likeness (QED) is 0.832. The summed E-state index contributed by atoms with van der Waals surface area (Å²) < 4.78 is 24.5. The van der Waals surface area contributed by atoms with E-state index in [2.05, 4.69) is 4.98 Å². The summed E-state index contributed by atoms with van der Waals surface area (Å²) in [5.74, 6) is -0.141. The molecular weight excluding hydrogens is 346 g/mol. The van der Waals surface area contributed by atoms with Crippen LogP contribution in [0.25, 0.3) is 10.6 Å². The molecule has 128 valence electrons. The maximum Gasteiger partial charge on any atom is 0.273 e. The minimum atomic E-state index is -3.19. The number of carbonyl (C=O) groups excluding carboxylic acids is 1. The van der Waals surface area contributed by atoms with E-state index in [0.717, 1.165) is 10.6 Å². The number of hydrogen-bond acceptors (Lipinski definition) is 5. The van der Waals surface area contributed by atoms with Crippen molar-refractivity contribution in [2.24, 2.45) is 0 Å².